The number of rotatable bonds is 6. The van der Waals surface area contributed by atoms with Crippen LogP contribution in [0.2, 0.25) is 0 Å². The van der Waals surface area contributed by atoms with E-state index in [1.54, 1.807) is 0 Å². The summed E-state index contributed by atoms with van der Waals surface area (Å²) >= 11 is 0. The fourth-order valence-electron chi connectivity index (χ4n) is 3.33. The van der Waals surface area contributed by atoms with Crippen molar-refractivity contribution in [3.8, 4) is 0 Å². The first-order chi connectivity index (χ1) is 6.90. The quantitative estimate of drug-likeness (QED) is 0.641. The lowest BCUT2D eigenvalue weighted by molar-refractivity contribution is 0.349. The summed E-state index contributed by atoms with van der Waals surface area (Å²) in [5.74, 6) is 2.14. The van der Waals surface area contributed by atoms with E-state index in [1.807, 2.05) is 0 Å². The lowest BCUT2D eigenvalue weighted by atomic mass is 9.95. The molecule has 14 heavy (non-hydrogen) atoms. The molecule has 2 fully saturated rings. The van der Waals surface area contributed by atoms with Crippen LogP contribution in [0.15, 0.2) is 0 Å². The van der Waals surface area contributed by atoms with Gasteiger partial charge in [0.15, 0.2) is 0 Å². The summed E-state index contributed by atoms with van der Waals surface area (Å²) in [5.41, 5.74) is 0. The molecule has 3 atom stereocenters. The SMILES string of the molecule is CCCCCCN[C@@H]1C[C@H]2CC[C@@H]1C2. The molecule has 0 aromatic rings. The molecule has 0 amide bonds. The number of unbranched alkanes of at least 4 members (excludes halogenated alkanes) is 3. The van der Waals surface area contributed by atoms with E-state index < -0.39 is 0 Å². The Morgan fingerprint density at radius 3 is 2.64 bits per heavy atom. The van der Waals surface area contributed by atoms with Gasteiger partial charge in [-0.2, -0.15) is 0 Å². The van der Waals surface area contributed by atoms with Crippen LogP contribution < -0.4 is 5.32 Å². The van der Waals surface area contributed by atoms with Gasteiger partial charge in [-0.25, -0.2) is 0 Å². The van der Waals surface area contributed by atoms with Crippen LogP contribution in [-0.2, 0) is 0 Å². The molecule has 0 heterocycles. The molecule has 2 aliphatic carbocycles. The lowest BCUT2D eigenvalue weighted by Gasteiger charge is -2.22. The Hall–Kier alpha value is -0.0400. The molecular formula is C13H25N. The molecular weight excluding hydrogens is 170 g/mol. The Morgan fingerprint density at radius 1 is 1.07 bits per heavy atom. The van der Waals surface area contributed by atoms with Crippen molar-refractivity contribution in [3.05, 3.63) is 0 Å². The van der Waals surface area contributed by atoms with Crippen molar-refractivity contribution in [2.45, 2.75) is 64.3 Å². The first kappa shape index (κ1) is 10.5. The largest absolute Gasteiger partial charge is 0.314 e. The zero-order chi connectivity index (χ0) is 9.80. The van der Waals surface area contributed by atoms with E-state index in [9.17, 15) is 0 Å². The molecule has 1 heteroatoms. The van der Waals surface area contributed by atoms with Gasteiger partial charge in [0, 0.05) is 6.04 Å². The summed E-state index contributed by atoms with van der Waals surface area (Å²) in [6, 6.07) is 0.898. The van der Waals surface area contributed by atoms with Gasteiger partial charge in [0.05, 0.1) is 0 Å². The Kier molecular flexibility index (Phi) is 3.86. The van der Waals surface area contributed by atoms with Gasteiger partial charge in [-0.15, -0.1) is 0 Å². The summed E-state index contributed by atoms with van der Waals surface area (Å²) in [6.07, 6.45) is 11.6. The van der Waals surface area contributed by atoms with Crippen molar-refractivity contribution in [2.75, 3.05) is 6.54 Å². The molecule has 0 spiro atoms. The van der Waals surface area contributed by atoms with Crippen LogP contribution in [0.3, 0.4) is 0 Å². The maximum absolute atomic E-state index is 3.77. The lowest BCUT2D eigenvalue weighted by Crippen LogP contribution is -2.34. The number of hydrogen-bond donors (Lipinski definition) is 1. The molecule has 2 rings (SSSR count). The fourth-order valence-corrected chi connectivity index (χ4v) is 3.33. The molecule has 1 N–H and O–H groups in total. The third-order valence-corrected chi connectivity index (χ3v) is 4.17. The van der Waals surface area contributed by atoms with Crippen LogP contribution in [0.1, 0.15) is 58.3 Å². The van der Waals surface area contributed by atoms with E-state index >= 15 is 0 Å². The van der Waals surface area contributed by atoms with Gasteiger partial charge in [-0.3, -0.25) is 0 Å². The average molecular weight is 195 g/mol. The van der Waals surface area contributed by atoms with Crippen LogP contribution in [0, 0.1) is 11.8 Å². The van der Waals surface area contributed by atoms with Gasteiger partial charge in [0.25, 0.3) is 0 Å². The molecule has 2 aliphatic rings. The number of fused-ring (bicyclic) bond motifs is 2. The normalized spacial score (nSPS) is 35.4. The highest BCUT2D eigenvalue weighted by atomic mass is 14.9. The zero-order valence-electron chi connectivity index (χ0n) is 9.60. The molecule has 0 radical (unpaired) electrons. The van der Waals surface area contributed by atoms with E-state index in [2.05, 4.69) is 12.2 Å². The Balaban J connectivity index is 1.54. The first-order valence-electron chi connectivity index (χ1n) is 6.63. The molecule has 0 aromatic heterocycles. The second kappa shape index (κ2) is 5.16. The van der Waals surface area contributed by atoms with Crippen molar-refractivity contribution >= 4 is 0 Å². The minimum Gasteiger partial charge on any atom is -0.314 e. The van der Waals surface area contributed by atoms with Crippen LogP contribution in [0.5, 0.6) is 0 Å². The summed E-state index contributed by atoms with van der Waals surface area (Å²) in [4.78, 5) is 0. The third kappa shape index (κ3) is 2.50. The second-order valence-corrected chi connectivity index (χ2v) is 5.30. The Bertz CT molecular complexity index is 167. The van der Waals surface area contributed by atoms with E-state index in [4.69, 9.17) is 0 Å². The van der Waals surface area contributed by atoms with Crippen LogP contribution in [0.25, 0.3) is 0 Å². The maximum Gasteiger partial charge on any atom is 0.00980 e. The zero-order valence-corrected chi connectivity index (χ0v) is 9.60. The topological polar surface area (TPSA) is 12.0 Å². The third-order valence-electron chi connectivity index (χ3n) is 4.17. The van der Waals surface area contributed by atoms with Gasteiger partial charge in [0.1, 0.15) is 0 Å². The number of hydrogen-bond acceptors (Lipinski definition) is 1. The Morgan fingerprint density at radius 2 is 2.00 bits per heavy atom. The van der Waals surface area contributed by atoms with E-state index in [-0.39, 0.29) is 0 Å². The molecule has 0 aliphatic heterocycles. The highest BCUT2D eigenvalue weighted by Gasteiger charge is 2.38. The van der Waals surface area contributed by atoms with Crippen LogP contribution >= 0.6 is 0 Å². The summed E-state index contributed by atoms with van der Waals surface area (Å²) in [7, 11) is 0. The molecule has 1 nitrogen and oxygen atoms in total. The molecule has 2 bridgehead atoms. The highest BCUT2D eigenvalue weighted by Crippen LogP contribution is 2.44. The van der Waals surface area contributed by atoms with Crippen LogP contribution in [-0.4, -0.2) is 12.6 Å². The van der Waals surface area contributed by atoms with Gasteiger partial charge in [-0.05, 0) is 44.1 Å². The van der Waals surface area contributed by atoms with Crippen molar-refractivity contribution in [3.63, 3.8) is 0 Å². The van der Waals surface area contributed by atoms with E-state index in [0.29, 0.717) is 0 Å². The second-order valence-electron chi connectivity index (χ2n) is 5.30. The van der Waals surface area contributed by atoms with Crippen LogP contribution in [0.4, 0.5) is 0 Å². The fraction of sp³-hybridized carbons (Fsp3) is 1.00. The molecule has 0 aromatic carbocycles. The van der Waals surface area contributed by atoms with Crippen molar-refractivity contribution in [2.24, 2.45) is 11.8 Å². The summed E-state index contributed by atoms with van der Waals surface area (Å²) in [5, 5.41) is 3.77. The highest BCUT2D eigenvalue weighted by molar-refractivity contribution is 4.93. The minimum absolute atomic E-state index is 0.898. The molecule has 0 unspecified atom stereocenters. The molecule has 82 valence electrons. The van der Waals surface area contributed by atoms with Crippen molar-refractivity contribution < 1.29 is 0 Å². The first-order valence-corrected chi connectivity index (χ1v) is 6.63. The monoisotopic (exact) mass is 195 g/mol. The van der Waals surface area contributed by atoms with Gasteiger partial charge < -0.3 is 5.32 Å². The molecule has 2 saturated carbocycles. The average Bonchev–Trinajstić information content (AvgIpc) is 2.79. The van der Waals surface area contributed by atoms with Gasteiger partial charge >= 0.3 is 0 Å². The van der Waals surface area contributed by atoms with Crippen molar-refractivity contribution in [1.29, 1.82) is 0 Å². The van der Waals surface area contributed by atoms with Gasteiger partial charge in [-0.1, -0.05) is 32.6 Å². The summed E-state index contributed by atoms with van der Waals surface area (Å²) in [6.45, 7) is 3.55. The minimum atomic E-state index is 0.898. The Labute approximate surface area is 88.7 Å². The van der Waals surface area contributed by atoms with E-state index in [1.165, 1.54) is 57.9 Å². The smallest absolute Gasteiger partial charge is 0.00980 e. The van der Waals surface area contributed by atoms with E-state index in [0.717, 1.165) is 17.9 Å². The van der Waals surface area contributed by atoms with Gasteiger partial charge in [0.2, 0.25) is 0 Å². The maximum atomic E-state index is 3.77. The predicted octanol–water partition coefficient (Wildman–Crippen LogP) is 3.34. The standard InChI is InChI=1S/C13H25N/c1-2-3-4-5-8-14-13-10-11-6-7-12(13)9-11/h11-14H,2-10H2,1H3/t11-,12+,13+/m0/s1. The number of nitrogens with one attached hydrogen (secondary N) is 1. The summed E-state index contributed by atoms with van der Waals surface area (Å²) < 4.78 is 0. The molecule has 0 saturated heterocycles. The predicted molar refractivity (Wildman–Crippen MR) is 61.4 cm³/mol. The van der Waals surface area contributed by atoms with Crippen molar-refractivity contribution in [1.82, 2.24) is 5.32 Å².